The minimum absolute atomic E-state index is 0.342. The van der Waals surface area contributed by atoms with Crippen molar-refractivity contribution in [2.75, 3.05) is 4.90 Å². The first kappa shape index (κ1) is 20.7. The maximum absolute atomic E-state index is 13.5. The molecule has 0 saturated carbocycles. The van der Waals surface area contributed by atoms with Gasteiger partial charge in [0, 0.05) is 14.9 Å². The average Bonchev–Trinajstić information content (AvgIpc) is 2.95. The van der Waals surface area contributed by atoms with Gasteiger partial charge in [0.2, 0.25) is 0 Å². The van der Waals surface area contributed by atoms with Crippen LogP contribution >= 0.6 is 35.0 Å². The Hall–Kier alpha value is -2.53. The van der Waals surface area contributed by atoms with Crippen LogP contribution in [0.3, 0.4) is 0 Å². The van der Waals surface area contributed by atoms with Crippen LogP contribution in [0.15, 0.2) is 76.5 Å². The Morgan fingerprint density at radius 3 is 2.03 bits per heavy atom. The second-order valence-corrected chi connectivity index (χ2v) is 8.96. The molecule has 0 saturated heterocycles. The molecule has 3 nitrogen and oxygen atoms in total. The summed E-state index contributed by atoms with van der Waals surface area (Å²) >= 11 is 13.3. The van der Waals surface area contributed by atoms with Crippen LogP contribution in [0.2, 0.25) is 10.0 Å². The van der Waals surface area contributed by atoms with Crippen LogP contribution in [0, 0.1) is 13.8 Å². The number of imide groups is 1. The highest BCUT2D eigenvalue weighted by Gasteiger charge is 2.41. The second kappa shape index (κ2) is 8.31. The smallest absolute Gasteiger partial charge is 0.268 e. The molecule has 0 spiro atoms. The van der Waals surface area contributed by atoms with Crippen LogP contribution < -0.4 is 4.90 Å². The normalized spacial score (nSPS) is 14.1. The van der Waals surface area contributed by atoms with Crippen molar-refractivity contribution in [3.63, 3.8) is 0 Å². The third-order valence-corrected chi connectivity index (χ3v) is 6.39. The van der Waals surface area contributed by atoms with Gasteiger partial charge in [0.15, 0.2) is 0 Å². The maximum Gasteiger partial charge on any atom is 0.272 e. The maximum atomic E-state index is 13.5. The highest BCUT2D eigenvalue weighted by molar-refractivity contribution is 8.04. The lowest BCUT2D eigenvalue weighted by Crippen LogP contribution is -2.31. The van der Waals surface area contributed by atoms with E-state index in [1.54, 1.807) is 30.3 Å². The lowest BCUT2D eigenvalue weighted by atomic mass is 10.0. The van der Waals surface area contributed by atoms with E-state index in [-0.39, 0.29) is 11.8 Å². The molecule has 0 aliphatic carbocycles. The van der Waals surface area contributed by atoms with Crippen molar-refractivity contribution < 1.29 is 9.59 Å². The number of halogens is 2. The number of nitrogens with zero attached hydrogens (tertiary/aromatic N) is 1. The zero-order chi connectivity index (χ0) is 21.4. The molecule has 1 aliphatic rings. The average molecular weight is 454 g/mol. The molecule has 3 aromatic carbocycles. The quantitative estimate of drug-likeness (QED) is 0.413. The number of thioether (sulfide) groups is 1. The van der Waals surface area contributed by atoms with Crippen LogP contribution in [-0.2, 0) is 9.59 Å². The minimum Gasteiger partial charge on any atom is -0.268 e. The molecule has 0 atom stereocenters. The topological polar surface area (TPSA) is 37.4 Å². The molecule has 1 heterocycles. The van der Waals surface area contributed by atoms with Crippen LogP contribution in [0.5, 0.6) is 0 Å². The SMILES string of the molecule is Cc1ccc(C2=C(Sc3ccc(Cl)cc3)C(=O)N(c3ccc(Cl)cc3C)C2=O)cc1. The van der Waals surface area contributed by atoms with Gasteiger partial charge in [0.25, 0.3) is 11.8 Å². The number of hydrogen-bond donors (Lipinski definition) is 0. The molecule has 0 unspecified atom stereocenters. The minimum atomic E-state index is -0.346. The standard InChI is InChI=1S/C24H17Cl2NO2S/c1-14-3-5-16(6-4-14)21-22(30-19-10-7-17(25)8-11-19)24(29)27(23(21)28)20-12-9-18(26)13-15(20)2/h3-13H,1-2H3. The fraction of sp³-hybridized carbons (Fsp3) is 0.0833. The number of amides is 2. The second-order valence-electron chi connectivity index (χ2n) is 7.00. The number of anilines is 1. The van der Waals surface area contributed by atoms with Gasteiger partial charge in [-0.2, -0.15) is 0 Å². The lowest BCUT2D eigenvalue weighted by Gasteiger charge is -2.18. The Balaban J connectivity index is 1.83. The van der Waals surface area contributed by atoms with E-state index in [1.807, 2.05) is 50.2 Å². The third-order valence-electron chi connectivity index (χ3n) is 4.81. The summed E-state index contributed by atoms with van der Waals surface area (Å²) in [5, 5.41) is 1.16. The van der Waals surface area contributed by atoms with E-state index in [9.17, 15) is 9.59 Å². The van der Waals surface area contributed by atoms with Gasteiger partial charge in [-0.25, -0.2) is 4.90 Å². The molecule has 150 valence electrons. The van der Waals surface area contributed by atoms with Gasteiger partial charge >= 0.3 is 0 Å². The van der Waals surface area contributed by atoms with Crippen LogP contribution in [0.25, 0.3) is 5.57 Å². The van der Waals surface area contributed by atoms with Gasteiger partial charge < -0.3 is 0 Å². The van der Waals surface area contributed by atoms with Crippen LogP contribution in [-0.4, -0.2) is 11.8 Å². The van der Waals surface area contributed by atoms with Crippen molar-refractivity contribution in [3.8, 4) is 0 Å². The molecule has 0 bridgehead atoms. The molecular formula is C24H17Cl2NO2S. The summed E-state index contributed by atoms with van der Waals surface area (Å²) in [6.07, 6.45) is 0. The predicted molar refractivity (Wildman–Crippen MR) is 124 cm³/mol. The summed E-state index contributed by atoms with van der Waals surface area (Å²) in [5.41, 5.74) is 3.48. The molecule has 3 aromatic rings. The lowest BCUT2D eigenvalue weighted by molar-refractivity contribution is -0.119. The molecule has 0 aromatic heterocycles. The highest BCUT2D eigenvalue weighted by atomic mass is 35.5. The number of carbonyl (C=O) groups excluding carboxylic acids is 2. The molecule has 2 amide bonds. The van der Waals surface area contributed by atoms with Crippen LogP contribution in [0.4, 0.5) is 5.69 Å². The summed E-state index contributed by atoms with van der Waals surface area (Å²) < 4.78 is 0. The highest BCUT2D eigenvalue weighted by Crippen LogP contribution is 2.42. The Morgan fingerprint density at radius 2 is 1.40 bits per heavy atom. The fourth-order valence-corrected chi connectivity index (χ4v) is 4.63. The number of rotatable bonds is 4. The van der Waals surface area contributed by atoms with Gasteiger partial charge in [-0.05, 0) is 67.4 Å². The van der Waals surface area contributed by atoms with Gasteiger partial charge in [0.05, 0.1) is 16.2 Å². The molecule has 1 aliphatic heterocycles. The van der Waals surface area contributed by atoms with E-state index in [4.69, 9.17) is 23.2 Å². The largest absolute Gasteiger partial charge is 0.272 e. The summed E-state index contributed by atoms with van der Waals surface area (Å²) in [6.45, 7) is 3.81. The molecule has 6 heteroatoms. The Labute approximate surface area is 189 Å². The van der Waals surface area contributed by atoms with Crippen molar-refractivity contribution in [1.29, 1.82) is 0 Å². The zero-order valence-corrected chi connectivity index (χ0v) is 18.6. The first-order valence-corrected chi connectivity index (χ1v) is 10.8. The molecule has 30 heavy (non-hydrogen) atoms. The van der Waals surface area contributed by atoms with E-state index in [1.165, 1.54) is 16.7 Å². The van der Waals surface area contributed by atoms with E-state index >= 15 is 0 Å². The van der Waals surface area contributed by atoms with Gasteiger partial charge in [-0.15, -0.1) is 0 Å². The van der Waals surface area contributed by atoms with Crippen molar-refractivity contribution in [2.24, 2.45) is 0 Å². The summed E-state index contributed by atoms with van der Waals surface area (Å²) in [5.74, 6) is -0.688. The van der Waals surface area contributed by atoms with Gasteiger partial charge in [-0.1, -0.05) is 64.8 Å². The Morgan fingerprint density at radius 1 is 0.767 bits per heavy atom. The van der Waals surface area contributed by atoms with E-state index in [0.29, 0.717) is 31.8 Å². The molecule has 0 N–H and O–H groups in total. The molecule has 0 radical (unpaired) electrons. The van der Waals surface area contributed by atoms with Gasteiger partial charge in [-0.3, -0.25) is 9.59 Å². The Bertz CT molecular complexity index is 1180. The van der Waals surface area contributed by atoms with Crippen molar-refractivity contribution in [1.82, 2.24) is 0 Å². The predicted octanol–water partition coefficient (Wildman–Crippen LogP) is 6.69. The number of hydrogen-bond acceptors (Lipinski definition) is 3. The zero-order valence-electron chi connectivity index (χ0n) is 16.3. The number of aryl methyl sites for hydroxylation is 2. The number of carbonyl (C=O) groups is 2. The molecule has 0 fully saturated rings. The monoisotopic (exact) mass is 453 g/mol. The van der Waals surface area contributed by atoms with Crippen molar-refractivity contribution in [3.05, 3.63) is 98.4 Å². The number of benzene rings is 3. The summed E-state index contributed by atoms with van der Waals surface area (Å²) in [4.78, 5) is 29.4. The van der Waals surface area contributed by atoms with Crippen molar-refractivity contribution >= 4 is 58.0 Å². The van der Waals surface area contributed by atoms with Crippen molar-refractivity contribution in [2.45, 2.75) is 18.7 Å². The van der Waals surface area contributed by atoms with E-state index in [2.05, 4.69) is 0 Å². The van der Waals surface area contributed by atoms with E-state index in [0.717, 1.165) is 16.0 Å². The summed E-state index contributed by atoms with van der Waals surface area (Å²) in [7, 11) is 0. The molecule has 4 rings (SSSR count). The van der Waals surface area contributed by atoms with Crippen LogP contribution in [0.1, 0.15) is 16.7 Å². The fourth-order valence-electron chi connectivity index (χ4n) is 3.29. The molecular weight excluding hydrogens is 437 g/mol. The Kier molecular flexibility index (Phi) is 5.74. The first-order chi connectivity index (χ1) is 14.3. The van der Waals surface area contributed by atoms with Gasteiger partial charge in [0.1, 0.15) is 0 Å². The van der Waals surface area contributed by atoms with E-state index < -0.39 is 0 Å². The third kappa shape index (κ3) is 3.91. The first-order valence-electron chi connectivity index (χ1n) is 9.25. The summed E-state index contributed by atoms with van der Waals surface area (Å²) in [6, 6.07) is 19.9.